The summed E-state index contributed by atoms with van der Waals surface area (Å²) in [5.41, 5.74) is 1.41. The van der Waals surface area contributed by atoms with Gasteiger partial charge in [-0.05, 0) is 18.4 Å². The van der Waals surface area contributed by atoms with Crippen LogP contribution in [0.25, 0.3) is 22.0 Å². The van der Waals surface area contributed by atoms with Crippen molar-refractivity contribution in [2.75, 3.05) is 53.4 Å². The highest BCUT2D eigenvalue weighted by Crippen LogP contribution is 2.45. The molecule has 0 unspecified atom stereocenters. The Balaban J connectivity index is 1.68. The molecule has 0 spiro atoms. The van der Waals surface area contributed by atoms with Gasteiger partial charge in [-0.2, -0.15) is 0 Å². The Morgan fingerprint density at radius 1 is 1.13 bits per heavy atom. The molecule has 2 N–H and O–H groups in total. The predicted octanol–water partition coefficient (Wildman–Crippen LogP) is 4.26. The van der Waals surface area contributed by atoms with Crippen LogP contribution in [0.3, 0.4) is 0 Å². The average molecular weight is 638 g/mol. The molecule has 0 radical (unpaired) electrons. The summed E-state index contributed by atoms with van der Waals surface area (Å²) in [7, 11) is -4.27. The highest BCUT2D eigenvalue weighted by Gasteiger charge is 2.39. The molecule has 5 heterocycles. The van der Waals surface area contributed by atoms with Crippen LogP contribution in [0, 0.1) is 24.0 Å². The van der Waals surface area contributed by atoms with E-state index in [1.165, 1.54) is 9.80 Å². The zero-order chi connectivity index (χ0) is 32.1. The van der Waals surface area contributed by atoms with Crippen LogP contribution >= 0.6 is 0 Å². The lowest BCUT2D eigenvalue weighted by Crippen LogP contribution is -2.37. The fourth-order valence-electron chi connectivity index (χ4n) is 6.05. The molecule has 0 bridgehead atoms. The quantitative estimate of drug-likeness (QED) is 0.315. The van der Waals surface area contributed by atoms with E-state index >= 15 is 4.39 Å². The third-order valence-corrected chi connectivity index (χ3v) is 8.62. The van der Waals surface area contributed by atoms with Crippen molar-refractivity contribution in [3.8, 4) is 11.1 Å². The first-order chi connectivity index (χ1) is 21.3. The molecular weight excluding hydrogens is 604 g/mol. The summed E-state index contributed by atoms with van der Waals surface area (Å²) in [5, 5.41) is 5.58. The van der Waals surface area contributed by atoms with Gasteiger partial charge >= 0.3 is 0 Å². The lowest BCUT2D eigenvalue weighted by molar-refractivity contribution is -0.117. The standard InChI is InChI=1S/C31H33F2N7O4S/c1-19-29(28-23(33)11-21(32)12-24(28)37-30(19)39-17-31(2,3)14-27(39)41)40(18-45(34,42)43)25-13-26(38-7-9-44-10-8-38)36-16-22(25)20-5-4-6-35-15-20/h4-6,11-13,15-16H,7-10,14,17-18H2,1-3H3,(H2,34,42,43). The monoisotopic (exact) mass is 637 g/mol. The van der Waals surface area contributed by atoms with Gasteiger partial charge in [0, 0.05) is 79.5 Å². The van der Waals surface area contributed by atoms with Crippen molar-refractivity contribution < 1.29 is 26.7 Å². The first-order valence-electron chi connectivity index (χ1n) is 14.4. The van der Waals surface area contributed by atoms with E-state index in [1.54, 1.807) is 43.7 Å². The van der Waals surface area contributed by atoms with Crippen molar-refractivity contribution in [1.29, 1.82) is 0 Å². The number of rotatable bonds is 7. The number of nitrogens with zero attached hydrogens (tertiary/aromatic N) is 6. The molecule has 236 valence electrons. The van der Waals surface area contributed by atoms with Crippen LogP contribution in [0.4, 0.5) is 31.8 Å². The first kappa shape index (κ1) is 30.7. The van der Waals surface area contributed by atoms with Crippen molar-refractivity contribution in [1.82, 2.24) is 15.0 Å². The minimum atomic E-state index is -4.27. The Kier molecular flexibility index (Phi) is 7.91. The molecule has 0 atom stereocenters. The first-order valence-corrected chi connectivity index (χ1v) is 16.1. The molecule has 0 saturated carbocycles. The summed E-state index contributed by atoms with van der Waals surface area (Å²) >= 11 is 0. The highest BCUT2D eigenvalue weighted by atomic mass is 32.2. The smallest absolute Gasteiger partial charge is 0.228 e. The van der Waals surface area contributed by atoms with Gasteiger partial charge in [0.25, 0.3) is 0 Å². The topological polar surface area (TPSA) is 135 Å². The normalized spacial score (nSPS) is 16.9. The lowest BCUT2D eigenvalue weighted by Gasteiger charge is -2.33. The van der Waals surface area contributed by atoms with Crippen molar-refractivity contribution in [3.05, 3.63) is 66.1 Å². The molecular formula is C31H33F2N7O4S. The number of hydrogen-bond acceptors (Lipinski definition) is 9. The summed E-state index contributed by atoms with van der Waals surface area (Å²) in [4.78, 5) is 31.6. The second-order valence-corrected chi connectivity index (χ2v) is 13.7. The largest absolute Gasteiger partial charge is 0.378 e. The molecule has 2 saturated heterocycles. The minimum absolute atomic E-state index is 0.0783. The maximum absolute atomic E-state index is 15.9. The molecule has 0 aliphatic carbocycles. The number of hydrogen-bond donors (Lipinski definition) is 1. The van der Waals surface area contributed by atoms with Gasteiger partial charge in [-0.25, -0.2) is 32.3 Å². The van der Waals surface area contributed by atoms with Gasteiger partial charge in [0.1, 0.15) is 29.1 Å². The number of primary sulfonamides is 1. The number of benzene rings is 1. The number of nitrogens with two attached hydrogens (primary N) is 1. The Morgan fingerprint density at radius 2 is 1.89 bits per heavy atom. The van der Waals surface area contributed by atoms with E-state index in [-0.39, 0.29) is 40.2 Å². The van der Waals surface area contributed by atoms with Gasteiger partial charge in [-0.15, -0.1) is 0 Å². The summed E-state index contributed by atoms with van der Waals surface area (Å²) in [6, 6.07) is 7.03. The van der Waals surface area contributed by atoms with E-state index in [0.717, 1.165) is 12.1 Å². The number of morpholine rings is 1. The summed E-state index contributed by atoms with van der Waals surface area (Å²) in [6.07, 6.45) is 5.06. The second-order valence-electron chi connectivity index (χ2n) is 12.1. The lowest BCUT2D eigenvalue weighted by atomic mass is 9.93. The van der Waals surface area contributed by atoms with Crippen LogP contribution in [-0.2, 0) is 19.6 Å². The number of anilines is 4. The molecule has 2 fully saturated rings. The third kappa shape index (κ3) is 6.17. The van der Waals surface area contributed by atoms with Crippen LogP contribution < -0.4 is 19.8 Å². The summed E-state index contributed by atoms with van der Waals surface area (Å²) in [6.45, 7) is 7.91. The molecule has 1 aromatic carbocycles. The molecule has 14 heteroatoms. The number of sulfonamides is 1. The van der Waals surface area contributed by atoms with E-state index in [9.17, 15) is 17.6 Å². The molecule has 2 aliphatic rings. The molecule has 11 nitrogen and oxygen atoms in total. The third-order valence-electron chi connectivity index (χ3n) is 8.01. The number of carbonyl (C=O) groups excluding carboxylic acids is 1. The van der Waals surface area contributed by atoms with Gasteiger partial charge in [0.05, 0.1) is 35.5 Å². The fourth-order valence-corrected chi connectivity index (χ4v) is 6.67. The van der Waals surface area contributed by atoms with E-state index in [2.05, 4.69) is 15.0 Å². The Bertz CT molecular complexity index is 1900. The highest BCUT2D eigenvalue weighted by molar-refractivity contribution is 7.89. The fraction of sp³-hybridized carbons (Fsp3) is 0.355. The number of ether oxygens (including phenoxy) is 1. The van der Waals surface area contributed by atoms with E-state index in [4.69, 9.17) is 9.88 Å². The maximum atomic E-state index is 15.9. The molecule has 2 aliphatic heterocycles. The Hall–Kier alpha value is -4.27. The number of halogens is 2. The van der Waals surface area contributed by atoms with Crippen LogP contribution in [0.2, 0.25) is 0 Å². The van der Waals surface area contributed by atoms with Gasteiger partial charge in [0.2, 0.25) is 15.9 Å². The van der Waals surface area contributed by atoms with Gasteiger partial charge in [-0.1, -0.05) is 19.9 Å². The van der Waals surface area contributed by atoms with Crippen molar-refractivity contribution in [3.63, 3.8) is 0 Å². The van der Waals surface area contributed by atoms with E-state index in [1.807, 2.05) is 18.7 Å². The van der Waals surface area contributed by atoms with E-state index in [0.29, 0.717) is 61.0 Å². The number of fused-ring (bicyclic) bond motifs is 1. The van der Waals surface area contributed by atoms with Crippen molar-refractivity contribution in [2.45, 2.75) is 27.2 Å². The number of amides is 1. The van der Waals surface area contributed by atoms with Crippen LogP contribution in [0.5, 0.6) is 0 Å². The Labute approximate surface area is 259 Å². The molecule has 3 aromatic heterocycles. The molecule has 6 rings (SSSR count). The number of aromatic nitrogens is 3. The second kappa shape index (κ2) is 11.6. The van der Waals surface area contributed by atoms with Gasteiger partial charge < -0.3 is 14.5 Å². The zero-order valence-corrected chi connectivity index (χ0v) is 25.9. The Morgan fingerprint density at radius 3 is 2.53 bits per heavy atom. The van der Waals surface area contributed by atoms with E-state index < -0.39 is 27.5 Å². The average Bonchev–Trinajstić information content (AvgIpc) is 3.27. The van der Waals surface area contributed by atoms with Crippen LogP contribution in [-0.4, -0.2) is 68.0 Å². The zero-order valence-electron chi connectivity index (χ0n) is 25.1. The summed E-state index contributed by atoms with van der Waals surface area (Å²) < 4.78 is 61.9. The van der Waals surface area contributed by atoms with Crippen molar-refractivity contribution in [2.24, 2.45) is 10.6 Å². The van der Waals surface area contributed by atoms with Crippen molar-refractivity contribution >= 4 is 49.8 Å². The number of pyridine rings is 3. The van der Waals surface area contributed by atoms with Gasteiger partial charge in [0.15, 0.2) is 0 Å². The maximum Gasteiger partial charge on any atom is 0.228 e. The summed E-state index contributed by atoms with van der Waals surface area (Å²) in [5.74, 6) is -2.07. The van der Waals surface area contributed by atoms with Gasteiger partial charge in [-0.3, -0.25) is 14.7 Å². The molecule has 1 amide bonds. The minimum Gasteiger partial charge on any atom is -0.378 e. The van der Waals surface area contributed by atoms with Crippen LogP contribution in [0.15, 0.2) is 48.9 Å². The number of carbonyl (C=O) groups is 1. The molecule has 4 aromatic rings. The predicted molar refractivity (Wildman–Crippen MR) is 168 cm³/mol. The van der Waals surface area contributed by atoms with Crippen LogP contribution in [0.1, 0.15) is 25.8 Å². The SMILES string of the molecule is Cc1c(N2CC(C)(C)CC2=O)nc2cc(F)cc(F)c2c1N(CS(N)(=O)=O)c1cc(N2CCOCC2)ncc1-c1cccnc1. The molecule has 45 heavy (non-hydrogen) atoms.